The number of nitrogens with zero attached hydrogens (tertiary/aromatic N) is 1. The summed E-state index contributed by atoms with van der Waals surface area (Å²) in [6.07, 6.45) is 11.5. The van der Waals surface area contributed by atoms with E-state index in [2.05, 4.69) is 17.2 Å². The number of rotatable bonds is 10. The average Bonchev–Trinajstić information content (AvgIpc) is 3.19. The van der Waals surface area contributed by atoms with Crippen molar-refractivity contribution in [3.63, 3.8) is 0 Å². The van der Waals surface area contributed by atoms with Crippen LogP contribution in [0.15, 0.2) is 24.3 Å². The van der Waals surface area contributed by atoms with Gasteiger partial charge in [-0.3, -0.25) is 19.2 Å². The van der Waals surface area contributed by atoms with Crippen LogP contribution in [0.1, 0.15) is 78.6 Å². The molecule has 0 aromatic rings. The van der Waals surface area contributed by atoms with E-state index in [0.717, 1.165) is 38.5 Å². The van der Waals surface area contributed by atoms with E-state index in [9.17, 15) is 19.2 Å². The first-order valence-electron chi connectivity index (χ1n) is 12.1. The van der Waals surface area contributed by atoms with E-state index in [0.29, 0.717) is 31.7 Å². The number of nitrogens with two attached hydrogens (primary N) is 1. The molecule has 186 valence electrons. The molecule has 8 heteroatoms. The molecule has 0 aromatic heterocycles. The van der Waals surface area contributed by atoms with E-state index < -0.39 is 6.04 Å². The van der Waals surface area contributed by atoms with E-state index in [-0.39, 0.29) is 36.2 Å². The molecule has 4 N–H and O–H groups in total. The SMILES string of the molecule is C=C/C(C)=C\C.CC(=O)N1C(C(=O)NCC(=O)NCCCCCC(N)=O)CC2CCCCC21. The second-order valence-corrected chi connectivity index (χ2v) is 8.87. The molecule has 33 heavy (non-hydrogen) atoms. The lowest BCUT2D eigenvalue weighted by Gasteiger charge is -2.32. The molecule has 1 aliphatic heterocycles. The maximum absolute atomic E-state index is 12.6. The molecule has 0 aromatic carbocycles. The fraction of sp³-hybridized carbons (Fsp3) is 0.680. The first-order valence-corrected chi connectivity index (χ1v) is 12.1. The highest BCUT2D eigenvalue weighted by Gasteiger charge is 2.46. The van der Waals surface area contributed by atoms with Crippen LogP contribution in [0, 0.1) is 5.92 Å². The highest BCUT2D eigenvalue weighted by molar-refractivity contribution is 5.90. The zero-order valence-electron chi connectivity index (χ0n) is 20.5. The Morgan fingerprint density at radius 1 is 1.06 bits per heavy atom. The van der Waals surface area contributed by atoms with Crippen LogP contribution in [0.2, 0.25) is 0 Å². The minimum Gasteiger partial charge on any atom is -0.370 e. The van der Waals surface area contributed by atoms with Gasteiger partial charge in [0.05, 0.1) is 6.54 Å². The number of carbonyl (C=O) groups excluding carboxylic acids is 4. The summed E-state index contributed by atoms with van der Waals surface area (Å²) in [5.41, 5.74) is 6.30. The number of unbranched alkanes of at least 4 members (excludes halogenated alkanes) is 2. The molecule has 0 spiro atoms. The monoisotopic (exact) mass is 462 g/mol. The Kier molecular flexibility index (Phi) is 13.1. The largest absolute Gasteiger partial charge is 0.370 e. The number of primary amides is 1. The third kappa shape index (κ3) is 10.2. The standard InChI is InChI=1S/C19H32N4O4.C6H10/c1-13(24)23-15-8-5-4-7-14(15)11-16(23)19(27)22-12-18(26)21-10-6-2-3-9-17(20)25;1-4-6(3)5-2/h14-16H,2-12H2,1H3,(H2,20,25)(H,21,26)(H,22,27);4-5H,1H2,2-3H3/b;6-5-. The van der Waals surface area contributed by atoms with Crippen LogP contribution < -0.4 is 16.4 Å². The Morgan fingerprint density at radius 2 is 1.76 bits per heavy atom. The molecule has 8 nitrogen and oxygen atoms in total. The summed E-state index contributed by atoms with van der Waals surface area (Å²) in [6.45, 7) is 9.51. The lowest BCUT2D eigenvalue weighted by Crippen LogP contribution is -2.50. The lowest BCUT2D eigenvalue weighted by molar-refractivity contribution is -0.139. The van der Waals surface area contributed by atoms with Crippen molar-refractivity contribution in [3.05, 3.63) is 24.3 Å². The van der Waals surface area contributed by atoms with E-state index in [1.54, 1.807) is 4.90 Å². The Balaban J connectivity index is 0.000000801. The van der Waals surface area contributed by atoms with Crippen molar-refractivity contribution in [2.75, 3.05) is 13.1 Å². The number of hydrogen-bond acceptors (Lipinski definition) is 4. The third-order valence-electron chi connectivity index (χ3n) is 6.38. The van der Waals surface area contributed by atoms with Crippen molar-refractivity contribution >= 4 is 23.6 Å². The van der Waals surface area contributed by atoms with Gasteiger partial charge in [-0.25, -0.2) is 0 Å². The van der Waals surface area contributed by atoms with Gasteiger partial charge in [-0.1, -0.05) is 43.6 Å². The summed E-state index contributed by atoms with van der Waals surface area (Å²) in [5.74, 6) is -0.468. The first kappa shape index (κ1) is 28.4. The van der Waals surface area contributed by atoms with Gasteiger partial charge in [-0.15, -0.1) is 0 Å². The quantitative estimate of drug-likeness (QED) is 0.341. The van der Waals surface area contributed by atoms with Gasteiger partial charge < -0.3 is 21.3 Å². The molecule has 0 radical (unpaired) electrons. The fourth-order valence-corrected chi connectivity index (χ4v) is 4.44. The van der Waals surface area contributed by atoms with Crippen LogP contribution in [0.25, 0.3) is 0 Å². The number of amides is 4. The normalized spacial score (nSPS) is 21.8. The summed E-state index contributed by atoms with van der Waals surface area (Å²) in [4.78, 5) is 48.9. The van der Waals surface area contributed by atoms with Gasteiger partial charge in [-0.05, 0) is 51.9 Å². The summed E-state index contributed by atoms with van der Waals surface area (Å²) >= 11 is 0. The first-order chi connectivity index (χ1) is 15.7. The molecule has 1 aliphatic carbocycles. The van der Waals surface area contributed by atoms with E-state index in [1.807, 2.05) is 26.0 Å². The van der Waals surface area contributed by atoms with Crippen LogP contribution in [0.3, 0.4) is 0 Å². The zero-order valence-corrected chi connectivity index (χ0v) is 20.5. The van der Waals surface area contributed by atoms with Crippen LogP contribution >= 0.6 is 0 Å². The van der Waals surface area contributed by atoms with Crippen molar-refractivity contribution in [1.29, 1.82) is 0 Å². The Morgan fingerprint density at radius 3 is 2.33 bits per heavy atom. The third-order valence-corrected chi connectivity index (χ3v) is 6.38. The second-order valence-electron chi connectivity index (χ2n) is 8.87. The number of allylic oxidation sites excluding steroid dienone is 3. The number of likely N-dealkylation sites (tertiary alicyclic amines) is 1. The Labute approximate surface area is 198 Å². The number of carbonyl (C=O) groups is 4. The maximum atomic E-state index is 12.6. The fourth-order valence-electron chi connectivity index (χ4n) is 4.44. The molecular formula is C25H42N4O4. The molecule has 4 amide bonds. The molecule has 0 bridgehead atoms. The molecule has 1 saturated carbocycles. The van der Waals surface area contributed by atoms with Gasteiger partial charge in [0, 0.05) is 25.9 Å². The van der Waals surface area contributed by atoms with Crippen LogP contribution in [-0.2, 0) is 19.2 Å². The molecule has 2 aliphatic rings. The average molecular weight is 463 g/mol. The minimum absolute atomic E-state index is 0.0648. The molecule has 3 unspecified atom stereocenters. The second kappa shape index (κ2) is 15.2. The van der Waals surface area contributed by atoms with Gasteiger partial charge in [-0.2, -0.15) is 0 Å². The van der Waals surface area contributed by atoms with Gasteiger partial charge in [0.15, 0.2) is 0 Å². The van der Waals surface area contributed by atoms with Crippen molar-refractivity contribution in [2.24, 2.45) is 11.7 Å². The predicted octanol–water partition coefficient (Wildman–Crippen LogP) is 2.58. The van der Waals surface area contributed by atoms with E-state index in [1.165, 1.54) is 12.5 Å². The predicted molar refractivity (Wildman–Crippen MR) is 130 cm³/mol. The van der Waals surface area contributed by atoms with Crippen LogP contribution in [0.4, 0.5) is 0 Å². The van der Waals surface area contributed by atoms with Gasteiger partial charge >= 0.3 is 0 Å². The zero-order chi connectivity index (χ0) is 24.8. The highest BCUT2D eigenvalue weighted by Crippen LogP contribution is 2.39. The molecule has 1 heterocycles. The van der Waals surface area contributed by atoms with Crippen molar-refractivity contribution < 1.29 is 19.2 Å². The number of hydrogen-bond donors (Lipinski definition) is 3. The number of fused-ring (bicyclic) bond motifs is 1. The Hall–Kier alpha value is -2.64. The van der Waals surface area contributed by atoms with Crippen molar-refractivity contribution in [1.82, 2.24) is 15.5 Å². The van der Waals surface area contributed by atoms with E-state index in [4.69, 9.17) is 5.73 Å². The highest BCUT2D eigenvalue weighted by atomic mass is 16.2. The smallest absolute Gasteiger partial charge is 0.243 e. The van der Waals surface area contributed by atoms with Gasteiger partial charge in [0.2, 0.25) is 23.6 Å². The summed E-state index contributed by atoms with van der Waals surface area (Å²) < 4.78 is 0. The molecule has 2 fully saturated rings. The molecule has 1 saturated heterocycles. The van der Waals surface area contributed by atoms with Crippen molar-refractivity contribution in [3.8, 4) is 0 Å². The van der Waals surface area contributed by atoms with Gasteiger partial charge in [0.25, 0.3) is 0 Å². The summed E-state index contributed by atoms with van der Waals surface area (Å²) in [6, 6.07) is -0.293. The Bertz CT molecular complexity index is 719. The summed E-state index contributed by atoms with van der Waals surface area (Å²) in [5, 5.41) is 5.43. The molecule has 3 atom stereocenters. The maximum Gasteiger partial charge on any atom is 0.243 e. The minimum atomic E-state index is -0.461. The number of nitrogens with one attached hydrogen (secondary N) is 2. The van der Waals surface area contributed by atoms with Crippen LogP contribution in [0.5, 0.6) is 0 Å². The summed E-state index contributed by atoms with van der Waals surface area (Å²) in [7, 11) is 0. The van der Waals surface area contributed by atoms with Gasteiger partial charge in [0.1, 0.15) is 6.04 Å². The van der Waals surface area contributed by atoms with Crippen molar-refractivity contribution in [2.45, 2.75) is 90.6 Å². The molecule has 2 rings (SSSR count). The topological polar surface area (TPSA) is 122 Å². The lowest BCUT2D eigenvalue weighted by atomic mass is 9.84. The van der Waals surface area contributed by atoms with E-state index >= 15 is 0 Å². The van der Waals surface area contributed by atoms with Crippen LogP contribution in [-0.4, -0.2) is 53.7 Å². The molecular weight excluding hydrogens is 420 g/mol.